The Morgan fingerprint density at radius 3 is 2.64 bits per heavy atom. The van der Waals surface area contributed by atoms with Gasteiger partial charge >= 0.3 is 5.97 Å². The van der Waals surface area contributed by atoms with Gasteiger partial charge < -0.3 is 29.0 Å². The van der Waals surface area contributed by atoms with Crippen molar-refractivity contribution in [3.63, 3.8) is 0 Å². The van der Waals surface area contributed by atoms with Gasteiger partial charge in [-0.25, -0.2) is 4.79 Å². The average molecular weight is 387 g/mol. The van der Waals surface area contributed by atoms with Crippen LogP contribution in [0.15, 0.2) is 36.4 Å². The third-order valence-electron chi connectivity index (χ3n) is 3.99. The van der Waals surface area contributed by atoms with Gasteiger partial charge in [-0.1, -0.05) is 0 Å². The summed E-state index contributed by atoms with van der Waals surface area (Å²) in [5.41, 5.74) is 0.767. The van der Waals surface area contributed by atoms with E-state index in [1.807, 2.05) is 6.92 Å². The van der Waals surface area contributed by atoms with E-state index in [0.29, 0.717) is 35.3 Å². The van der Waals surface area contributed by atoms with Crippen LogP contribution in [0.5, 0.6) is 23.0 Å². The van der Waals surface area contributed by atoms with Gasteiger partial charge in [0.05, 0.1) is 19.3 Å². The minimum absolute atomic E-state index is 0.145. The molecule has 1 atom stereocenters. The van der Waals surface area contributed by atoms with E-state index in [2.05, 4.69) is 5.32 Å². The third-order valence-corrected chi connectivity index (χ3v) is 3.99. The summed E-state index contributed by atoms with van der Waals surface area (Å²) in [6.07, 6.45) is -1.00. The molecule has 0 aliphatic carbocycles. The van der Waals surface area contributed by atoms with Gasteiger partial charge in [0.2, 0.25) is 6.79 Å². The fourth-order valence-electron chi connectivity index (χ4n) is 2.57. The molecule has 0 saturated carbocycles. The SMILES string of the molecule is CCOc1ccc(C(=O)O[C@@H](C)C(=O)Nc2ccc3c(c2)OCO3)cc1OC. The quantitative estimate of drug-likeness (QED) is 0.730. The number of hydrogen-bond donors (Lipinski definition) is 1. The molecular weight excluding hydrogens is 366 g/mol. The van der Waals surface area contributed by atoms with Crippen molar-refractivity contribution in [3.05, 3.63) is 42.0 Å². The maximum atomic E-state index is 12.4. The molecule has 1 aliphatic heterocycles. The van der Waals surface area contributed by atoms with Crippen LogP contribution in [0.1, 0.15) is 24.2 Å². The number of methoxy groups -OCH3 is 1. The van der Waals surface area contributed by atoms with Gasteiger partial charge in [-0.05, 0) is 44.2 Å². The number of hydrogen-bond acceptors (Lipinski definition) is 7. The van der Waals surface area contributed by atoms with Crippen LogP contribution in [0, 0.1) is 0 Å². The molecule has 1 heterocycles. The van der Waals surface area contributed by atoms with E-state index in [4.69, 9.17) is 23.7 Å². The highest BCUT2D eigenvalue weighted by Gasteiger charge is 2.21. The van der Waals surface area contributed by atoms with E-state index in [0.717, 1.165) is 0 Å². The third kappa shape index (κ3) is 4.28. The lowest BCUT2D eigenvalue weighted by molar-refractivity contribution is -0.123. The number of amides is 1. The summed E-state index contributed by atoms with van der Waals surface area (Å²) >= 11 is 0. The lowest BCUT2D eigenvalue weighted by Crippen LogP contribution is -2.30. The van der Waals surface area contributed by atoms with E-state index >= 15 is 0 Å². The van der Waals surface area contributed by atoms with Crippen molar-refractivity contribution in [3.8, 4) is 23.0 Å². The number of ether oxygens (including phenoxy) is 5. The smallest absolute Gasteiger partial charge is 0.339 e. The maximum Gasteiger partial charge on any atom is 0.339 e. The summed E-state index contributed by atoms with van der Waals surface area (Å²) in [5.74, 6) is 0.981. The van der Waals surface area contributed by atoms with E-state index < -0.39 is 18.0 Å². The van der Waals surface area contributed by atoms with Crippen LogP contribution in [0.4, 0.5) is 5.69 Å². The van der Waals surface area contributed by atoms with Crippen LogP contribution in [-0.4, -0.2) is 38.5 Å². The summed E-state index contributed by atoms with van der Waals surface area (Å²) in [5, 5.41) is 2.68. The van der Waals surface area contributed by atoms with Crippen LogP contribution in [0.2, 0.25) is 0 Å². The van der Waals surface area contributed by atoms with Gasteiger partial charge in [0, 0.05) is 11.8 Å². The van der Waals surface area contributed by atoms with Gasteiger partial charge in [0.25, 0.3) is 5.91 Å². The molecule has 0 fully saturated rings. The number of anilines is 1. The molecule has 0 unspecified atom stereocenters. The first-order chi connectivity index (χ1) is 13.5. The largest absolute Gasteiger partial charge is 0.493 e. The van der Waals surface area contributed by atoms with Crippen molar-refractivity contribution in [2.75, 3.05) is 25.8 Å². The summed E-state index contributed by atoms with van der Waals surface area (Å²) in [4.78, 5) is 24.7. The Balaban J connectivity index is 1.62. The molecule has 2 aromatic carbocycles. The summed E-state index contributed by atoms with van der Waals surface area (Å²) in [6, 6.07) is 9.70. The predicted octanol–water partition coefficient (Wildman–Crippen LogP) is 3.01. The molecule has 0 bridgehead atoms. The van der Waals surface area contributed by atoms with Crippen LogP contribution in [-0.2, 0) is 9.53 Å². The number of fused-ring (bicyclic) bond motifs is 1. The van der Waals surface area contributed by atoms with E-state index in [1.165, 1.54) is 20.1 Å². The van der Waals surface area contributed by atoms with Gasteiger partial charge in [0.1, 0.15) is 0 Å². The normalized spacial score (nSPS) is 12.8. The lowest BCUT2D eigenvalue weighted by atomic mass is 10.2. The van der Waals surface area contributed by atoms with Crippen molar-refractivity contribution >= 4 is 17.6 Å². The van der Waals surface area contributed by atoms with E-state index in [1.54, 1.807) is 30.3 Å². The van der Waals surface area contributed by atoms with Crippen molar-refractivity contribution in [2.45, 2.75) is 20.0 Å². The summed E-state index contributed by atoms with van der Waals surface area (Å²) in [6.45, 7) is 3.96. The van der Waals surface area contributed by atoms with Crippen molar-refractivity contribution in [1.29, 1.82) is 0 Å². The predicted molar refractivity (Wildman–Crippen MR) is 100 cm³/mol. The number of nitrogens with one attached hydrogen (secondary N) is 1. The van der Waals surface area contributed by atoms with Crippen molar-refractivity contribution in [2.24, 2.45) is 0 Å². The summed E-state index contributed by atoms with van der Waals surface area (Å²) < 4.78 is 26.4. The first-order valence-corrected chi connectivity index (χ1v) is 8.74. The standard InChI is InChI=1S/C20H21NO7/c1-4-25-15-7-5-13(9-17(15)24-3)20(23)28-12(2)19(22)21-14-6-8-16-18(10-14)27-11-26-16/h5-10,12H,4,11H2,1-3H3,(H,21,22)/t12-/m0/s1. The highest BCUT2D eigenvalue weighted by atomic mass is 16.7. The second-order valence-corrected chi connectivity index (χ2v) is 5.90. The van der Waals surface area contributed by atoms with Crippen LogP contribution in [0.25, 0.3) is 0 Å². The molecule has 0 radical (unpaired) electrons. The van der Waals surface area contributed by atoms with E-state index in [-0.39, 0.29) is 12.4 Å². The molecule has 148 valence electrons. The molecule has 0 saturated heterocycles. The number of rotatable bonds is 7. The highest BCUT2D eigenvalue weighted by Crippen LogP contribution is 2.34. The molecule has 1 amide bonds. The Hall–Kier alpha value is -3.42. The zero-order valence-electron chi connectivity index (χ0n) is 15.8. The van der Waals surface area contributed by atoms with Crippen LogP contribution < -0.4 is 24.3 Å². The molecule has 1 N–H and O–H groups in total. The van der Waals surface area contributed by atoms with E-state index in [9.17, 15) is 9.59 Å². The number of carbonyl (C=O) groups is 2. The Bertz CT molecular complexity index is 881. The van der Waals surface area contributed by atoms with Crippen LogP contribution in [0.3, 0.4) is 0 Å². The van der Waals surface area contributed by atoms with Gasteiger partial charge in [-0.2, -0.15) is 0 Å². The second-order valence-electron chi connectivity index (χ2n) is 5.90. The first kappa shape index (κ1) is 19.3. The summed E-state index contributed by atoms with van der Waals surface area (Å²) in [7, 11) is 1.48. The molecule has 8 nitrogen and oxygen atoms in total. The van der Waals surface area contributed by atoms with Gasteiger partial charge in [0.15, 0.2) is 29.1 Å². The Morgan fingerprint density at radius 1 is 1.11 bits per heavy atom. The Labute approximate surface area is 162 Å². The fraction of sp³-hybridized carbons (Fsp3) is 0.300. The average Bonchev–Trinajstić information content (AvgIpc) is 3.16. The molecular formula is C20H21NO7. The second kappa shape index (κ2) is 8.51. The monoisotopic (exact) mass is 387 g/mol. The minimum atomic E-state index is -1.00. The minimum Gasteiger partial charge on any atom is -0.493 e. The zero-order chi connectivity index (χ0) is 20.1. The molecule has 2 aromatic rings. The lowest BCUT2D eigenvalue weighted by Gasteiger charge is -2.15. The van der Waals surface area contributed by atoms with Crippen molar-refractivity contribution in [1.82, 2.24) is 0 Å². The topological polar surface area (TPSA) is 92.3 Å². The molecule has 3 rings (SSSR count). The molecule has 1 aliphatic rings. The Kier molecular flexibility index (Phi) is 5.88. The van der Waals surface area contributed by atoms with Gasteiger partial charge in [-0.3, -0.25) is 4.79 Å². The molecule has 0 aromatic heterocycles. The molecule has 8 heteroatoms. The molecule has 28 heavy (non-hydrogen) atoms. The highest BCUT2D eigenvalue weighted by molar-refractivity contribution is 5.97. The Morgan fingerprint density at radius 2 is 1.89 bits per heavy atom. The molecule has 0 spiro atoms. The number of benzene rings is 2. The van der Waals surface area contributed by atoms with Gasteiger partial charge in [-0.15, -0.1) is 0 Å². The zero-order valence-corrected chi connectivity index (χ0v) is 15.8. The number of carbonyl (C=O) groups excluding carboxylic acids is 2. The maximum absolute atomic E-state index is 12.4. The van der Waals surface area contributed by atoms with Crippen LogP contribution >= 0.6 is 0 Å². The first-order valence-electron chi connectivity index (χ1n) is 8.74. The number of esters is 1. The van der Waals surface area contributed by atoms with Crippen molar-refractivity contribution < 1.29 is 33.3 Å². The fourth-order valence-corrected chi connectivity index (χ4v) is 2.57.